The third-order valence-corrected chi connectivity index (χ3v) is 6.22. The summed E-state index contributed by atoms with van der Waals surface area (Å²) in [7, 11) is 1.75. The van der Waals surface area contributed by atoms with Crippen molar-refractivity contribution in [2.75, 3.05) is 11.9 Å². The fraction of sp³-hybridized carbons (Fsp3) is 0.476. The van der Waals surface area contributed by atoms with Crippen LogP contribution in [-0.4, -0.2) is 28.3 Å². The summed E-state index contributed by atoms with van der Waals surface area (Å²) in [6, 6.07) is 9.10. The van der Waals surface area contributed by atoms with E-state index in [9.17, 15) is 9.59 Å². The standard InChI is InChI=1S/C21H24ClN3O3/c1-25-19(11-18(24-25)14-4-6-17(22)7-5-14)23-20(26)12-28-21(27)10-16-9-13-2-3-15(16)8-13/h4-7,11,13,15-16H,2-3,8-10,12H2,1H3,(H,23,26)/t13-,15-,16+/m1/s1. The summed E-state index contributed by atoms with van der Waals surface area (Å²) < 4.78 is 6.78. The van der Waals surface area contributed by atoms with E-state index in [0.29, 0.717) is 29.1 Å². The lowest BCUT2D eigenvalue weighted by Gasteiger charge is -2.20. The van der Waals surface area contributed by atoms with Crippen LogP contribution >= 0.6 is 11.6 Å². The number of carbonyl (C=O) groups excluding carboxylic acids is 2. The van der Waals surface area contributed by atoms with E-state index in [1.807, 2.05) is 12.1 Å². The summed E-state index contributed by atoms with van der Waals surface area (Å²) in [6.07, 6.45) is 5.37. The highest BCUT2D eigenvalue weighted by molar-refractivity contribution is 6.30. The summed E-state index contributed by atoms with van der Waals surface area (Å²) in [5.41, 5.74) is 1.63. The smallest absolute Gasteiger partial charge is 0.306 e. The van der Waals surface area contributed by atoms with Crippen LogP contribution in [-0.2, 0) is 21.4 Å². The number of aromatic nitrogens is 2. The molecule has 0 radical (unpaired) electrons. The predicted octanol–water partition coefficient (Wildman–Crippen LogP) is 4.05. The number of rotatable bonds is 6. The highest BCUT2D eigenvalue weighted by Gasteiger charge is 2.40. The quantitative estimate of drug-likeness (QED) is 0.741. The van der Waals surface area contributed by atoms with Gasteiger partial charge in [-0.15, -0.1) is 0 Å². The molecule has 1 aromatic carbocycles. The Hall–Kier alpha value is -2.34. The number of esters is 1. The van der Waals surface area contributed by atoms with Gasteiger partial charge in [-0.1, -0.05) is 30.2 Å². The molecule has 2 bridgehead atoms. The van der Waals surface area contributed by atoms with E-state index >= 15 is 0 Å². The Morgan fingerprint density at radius 3 is 2.71 bits per heavy atom. The minimum atomic E-state index is -0.369. The monoisotopic (exact) mass is 401 g/mol. The summed E-state index contributed by atoms with van der Waals surface area (Å²) >= 11 is 5.91. The molecule has 28 heavy (non-hydrogen) atoms. The number of benzene rings is 1. The maximum atomic E-state index is 12.2. The Morgan fingerprint density at radius 2 is 2.04 bits per heavy atom. The Labute approximate surface area is 169 Å². The summed E-state index contributed by atoms with van der Waals surface area (Å²) in [4.78, 5) is 24.3. The van der Waals surface area contributed by atoms with Gasteiger partial charge in [-0.05, 0) is 49.1 Å². The molecule has 0 unspecified atom stereocenters. The molecule has 4 rings (SSSR count). The first kappa shape index (κ1) is 19.0. The topological polar surface area (TPSA) is 73.2 Å². The van der Waals surface area contributed by atoms with Crippen LogP contribution in [0.4, 0.5) is 5.82 Å². The summed E-state index contributed by atoms with van der Waals surface area (Å²) in [5.74, 6) is 1.80. The third kappa shape index (κ3) is 4.22. The van der Waals surface area contributed by atoms with Crippen LogP contribution in [0.15, 0.2) is 30.3 Å². The number of fused-ring (bicyclic) bond motifs is 2. The van der Waals surface area contributed by atoms with Crippen LogP contribution in [0.1, 0.15) is 32.1 Å². The van der Waals surface area contributed by atoms with Crippen molar-refractivity contribution >= 4 is 29.3 Å². The van der Waals surface area contributed by atoms with Crippen molar-refractivity contribution in [2.45, 2.75) is 32.1 Å². The molecule has 2 fully saturated rings. The highest BCUT2D eigenvalue weighted by atomic mass is 35.5. The fourth-order valence-corrected chi connectivity index (χ4v) is 4.70. The lowest BCUT2D eigenvalue weighted by Crippen LogP contribution is -2.24. The molecular weight excluding hydrogens is 378 g/mol. The molecule has 0 aliphatic heterocycles. The molecule has 0 saturated heterocycles. The fourth-order valence-electron chi connectivity index (χ4n) is 4.57. The van der Waals surface area contributed by atoms with Gasteiger partial charge in [0.1, 0.15) is 5.82 Å². The van der Waals surface area contributed by atoms with Crippen molar-refractivity contribution in [3.63, 3.8) is 0 Å². The third-order valence-electron chi connectivity index (χ3n) is 5.96. The lowest BCUT2D eigenvalue weighted by molar-refractivity contribution is -0.148. The van der Waals surface area contributed by atoms with Gasteiger partial charge < -0.3 is 10.1 Å². The molecule has 2 aromatic rings. The van der Waals surface area contributed by atoms with Crippen molar-refractivity contribution in [1.82, 2.24) is 9.78 Å². The molecular formula is C21H24ClN3O3. The lowest BCUT2D eigenvalue weighted by atomic mass is 9.86. The van der Waals surface area contributed by atoms with Crippen molar-refractivity contribution in [2.24, 2.45) is 24.8 Å². The number of aryl methyl sites for hydroxylation is 1. The minimum Gasteiger partial charge on any atom is -0.456 e. The molecule has 2 aliphatic rings. The van der Waals surface area contributed by atoms with E-state index in [1.54, 1.807) is 29.9 Å². The number of amides is 1. The normalized spacial score (nSPS) is 23.0. The molecule has 6 nitrogen and oxygen atoms in total. The van der Waals surface area contributed by atoms with E-state index in [-0.39, 0.29) is 18.5 Å². The van der Waals surface area contributed by atoms with Crippen molar-refractivity contribution in [3.05, 3.63) is 35.4 Å². The Kier molecular flexibility index (Phi) is 5.40. The van der Waals surface area contributed by atoms with Crippen LogP contribution in [0.5, 0.6) is 0 Å². The van der Waals surface area contributed by atoms with Gasteiger partial charge in [0.05, 0.1) is 5.69 Å². The number of hydrogen-bond acceptors (Lipinski definition) is 4. The zero-order valence-corrected chi connectivity index (χ0v) is 16.6. The molecule has 1 amide bonds. The van der Waals surface area contributed by atoms with Gasteiger partial charge in [-0.2, -0.15) is 5.10 Å². The van der Waals surface area contributed by atoms with Gasteiger partial charge in [0.15, 0.2) is 6.61 Å². The molecule has 1 aromatic heterocycles. The molecule has 1 N–H and O–H groups in total. The second-order valence-corrected chi connectivity index (χ2v) is 8.33. The summed E-state index contributed by atoms with van der Waals surface area (Å²) in [5, 5.41) is 7.80. The van der Waals surface area contributed by atoms with E-state index in [0.717, 1.165) is 23.6 Å². The zero-order valence-electron chi connectivity index (χ0n) is 15.9. The highest BCUT2D eigenvalue weighted by Crippen LogP contribution is 2.49. The van der Waals surface area contributed by atoms with Crippen LogP contribution < -0.4 is 5.32 Å². The molecule has 7 heteroatoms. The molecule has 2 aliphatic carbocycles. The Morgan fingerprint density at radius 1 is 1.25 bits per heavy atom. The van der Waals surface area contributed by atoms with Crippen molar-refractivity contribution in [3.8, 4) is 11.3 Å². The number of nitrogens with zero attached hydrogens (tertiary/aromatic N) is 2. The van der Waals surface area contributed by atoms with Crippen molar-refractivity contribution < 1.29 is 14.3 Å². The number of hydrogen-bond donors (Lipinski definition) is 1. The van der Waals surface area contributed by atoms with Gasteiger partial charge in [0.25, 0.3) is 5.91 Å². The van der Waals surface area contributed by atoms with Crippen LogP contribution in [0.25, 0.3) is 11.3 Å². The molecule has 0 spiro atoms. The number of halogens is 1. The molecule has 2 saturated carbocycles. The van der Waals surface area contributed by atoms with Gasteiger partial charge in [-0.25, -0.2) is 0 Å². The molecule has 3 atom stereocenters. The van der Waals surface area contributed by atoms with Crippen LogP contribution in [0, 0.1) is 17.8 Å². The largest absolute Gasteiger partial charge is 0.456 e. The first-order chi connectivity index (χ1) is 13.5. The van der Waals surface area contributed by atoms with Gasteiger partial charge >= 0.3 is 5.97 Å². The number of nitrogens with one attached hydrogen (secondary N) is 1. The Balaban J connectivity index is 1.28. The summed E-state index contributed by atoms with van der Waals surface area (Å²) in [6.45, 7) is -0.277. The van der Waals surface area contributed by atoms with Gasteiger partial charge in [0.2, 0.25) is 0 Å². The number of anilines is 1. The van der Waals surface area contributed by atoms with Crippen LogP contribution in [0.2, 0.25) is 5.02 Å². The Bertz CT molecular complexity index is 878. The second-order valence-electron chi connectivity index (χ2n) is 7.89. The van der Waals surface area contributed by atoms with E-state index < -0.39 is 0 Å². The maximum Gasteiger partial charge on any atom is 0.306 e. The molecule has 148 valence electrons. The van der Waals surface area contributed by atoms with Gasteiger partial charge in [-0.3, -0.25) is 14.3 Å². The number of carbonyl (C=O) groups is 2. The van der Waals surface area contributed by atoms with E-state index in [4.69, 9.17) is 16.3 Å². The van der Waals surface area contributed by atoms with Crippen LogP contribution in [0.3, 0.4) is 0 Å². The SMILES string of the molecule is Cn1nc(-c2ccc(Cl)cc2)cc1NC(=O)COC(=O)C[C@@H]1C[C@@H]2CC[C@@H]1C2. The van der Waals surface area contributed by atoms with Crippen molar-refractivity contribution in [1.29, 1.82) is 0 Å². The van der Waals surface area contributed by atoms with Gasteiger partial charge in [0, 0.05) is 30.1 Å². The minimum absolute atomic E-state index is 0.277. The predicted molar refractivity (Wildman–Crippen MR) is 107 cm³/mol. The van der Waals surface area contributed by atoms with E-state index in [2.05, 4.69) is 10.4 Å². The first-order valence-electron chi connectivity index (χ1n) is 9.73. The molecule has 1 heterocycles. The number of ether oxygens (including phenoxy) is 1. The average molecular weight is 402 g/mol. The maximum absolute atomic E-state index is 12.2. The first-order valence-corrected chi connectivity index (χ1v) is 10.1. The second kappa shape index (κ2) is 7.95. The van der Waals surface area contributed by atoms with E-state index in [1.165, 1.54) is 19.3 Å². The zero-order chi connectivity index (χ0) is 19.7. The average Bonchev–Trinajstić information content (AvgIpc) is 3.37.